The summed E-state index contributed by atoms with van der Waals surface area (Å²) in [6.07, 6.45) is 5.07. The first-order valence-corrected chi connectivity index (χ1v) is 8.47. The Morgan fingerprint density at radius 1 is 1.00 bits per heavy atom. The van der Waals surface area contributed by atoms with Crippen LogP contribution in [0.2, 0.25) is 0 Å². The zero-order valence-corrected chi connectivity index (χ0v) is 14.2. The molecule has 1 aromatic rings. The molecule has 0 unspecified atom stereocenters. The summed E-state index contributed by atoms with van der Waals surface area (Å²) in [6, 6.07) is 1.46. The summed E-state index contributed by atoms with van der Waals surface area (Å²) in [6.45, 7) is 6.31. The van der Waals surface area contributed by atoms with Crippen molar-refractivity contribution in [2.45, 2.75) is 57.5 Å². The average molecular weight is 304 g/mol. The lowest BCUT2D eigenvalue weighted by Crippen LogP contribution is -2.44. The van der Waals surface area contributed by atoms with Crippen LogP contribution in [0, 0.1) is 0 Å². The van der Waals surface area contributed by atoms with Crippen molar-refractivity contribution in [1.29, 1.82) is 0 Å². The first kappa shape index (κ1) is 15.5. The molecule has 6 heteroatoms. The van der Waals surface area contributed by atoms with Crippen LogP contribution in [0.25, 0.3) is 0 Å². The molecule has 6 nitrogen and oxygen atoms in total. The number of nitrogens with zero attached hydrogens (tertiary/aromatic N) is 5. The third-order valence-electron chi connectivity index (χ3n) is 4.37. The van der Waals surface area contributed by atoms with Crippen molar-refractivity contribution >= 4 is 11.9 Å². The fourth-order valence-corrected chi connectivity index (χ4v) is 2.80. The van der Waals surface area contributed by atoms with Crippen molar-refractivity contribution < 1.29 is 0 Å². The van der Waals surface area contributed by atoms with E-state index < -0.39 is 0 Å². The number of rotatable bonds is 5. The molecule has 0 atom stereocenters. The SMILES string of the molecule is CC(C)c1nc(N(C)C)nc(N2CCC(NC3CC3)CC2)n1. The molecular weight excluding hydrogens is 276 g/mol. The van der Waals surface area contributed by atoms with E-state index in [2.05, 4.69) is 34.0 Å². The van der Waals surface area contributed by atoms with E-state index in [1.807, 2.05) is 19.0 Å². The molecule has 0 amide bonds. The molecule has 1 saturated carbocycles. The van der Waals surface area contributed by atoms with Gasteiger partial charge in [0.25, 0.3) is 0 Å². The largest absolute Gasteiger partial charge is 0.347 e. The lowest BCUT2D eigenvalue weighted by molar-refractivity contribution is 0.409. The number of hydrogen-bond donors (Lipinski definition) is 1. The van der Waals surface area contributed by atoms with Crippen molar-refractivity contribution in [3.63, 3.8) is 0 Å². The second kappa shape index (κ2) is 6.36. The third kappa shape index (κ3) is 3.66. The Hall–Kier alpha value is -1.43. The van der Waals surface area contributed by atoms with Crippen LogP contribution in [-0.2, 0) is 0 Å². The average Bonchev–Trinajstić information content (AvgIpc) is 3.31. The summed E-state index contributed by atoms with van der Waals surface area (Å²) in [7, 11) is 3.96. The van der Waals surface area contributed by atoms with Crippen molar-refractivity contribution in [3.05, 3.63) is 5.82 Å². The predicted molar refractivity (Wildman–Crippen MR) is 89.6 cm³/mol. The van der Waals surface area contributed by atoms with Gasteiger partial charge in [-0.15, -0.1) is 0 Å². The Labute approximate surface area is 133 Å². The Morgan fingerprint density at radius 2 is 1.64 bits per heavy atom. The topological polar surface area (TPSA) is 57.2 Å². The van der Waals surface area contributed by atoms with Crippen molar-refractivity contribution in [1.82, 2.24) is 20.3 Å². The maximum Gasteiger partial charge on any atom is 0.230 e. The number of piperidine rings is 1. The van der Waals surface area contributed by atoms with E-state index in [-0.39, 0.29) is 0 Å². The minimum atomic E-state index is 0.314. The number of aromatic nitrogens is 3. The van der Waals surface area contributed by atoms with Crippen LogP contribution in [0.4, 0.5) is 11.9 Å². The van der Waals surface area contributed by atoms with Gasteiger partial charge in [0, 0.05) is 45.2 Å². The number of anilines is 2. The van der Waals surface area contributed by atoms with Gasteiger partial charge in [0.2, 0.25) is 11.9 Å². The van der Waals surface area contributed by atoms with Crippen molar-refractivity contribution in [2.24, 2.45) is 0 Å². The summed E-state index contributed by atoms with van der Waals surface area (Å²) < 4.78 is 0. The summed E-state index contributed by atoms with van der Waals surface area (Å²) in [5.41, 5.74) is 0. The lowest BCUT2D eigenvalue weighted by Gasteiger charge is -2.33. The van der Waals surface area contributed by atoms with E-state index in [4.69, 9.17) is 4.98 Å². The molecule has 22 heavy (non-hydrogen) atoms. The van der Waals surface area contributed by atoms with Crippen LogP contribution in [0.15, 0.2) is 0 Å². The Bertz CT molecular complexity index is 477. The molecule has 1 N–H and O–H groups in total. The van der Waals surface area contributed by atoms with E-state index in [9.17, 15) is 0 Å². The second-order valence-electron chi connectivity index (χ2n) is 7.04. The molecule has 0 radical (unpaired) electrons. The van der Waals surface area contributed by atoms with E-state index >= 15 is 0 Å². The van der Waals surface area contributed by atoms with Crippen LogP contribution >= 0.6 is 0 Å². The highest BCUT2D eigenvalue weighted by Gasteiger charge is 2.28. The Balaban J connectivity index is 1.70. The smallest absolute Gasteiger partial charge is 0.230 e. The van der Waals surface area contributed by atoms with E-state index in [1.54, 1.807) is 0 Å². The fourth-order valence-electron chi connectivity index (χ4n) is 2.80. The molecule has 122 valence electrons. The second-order valence-corrected chi connectivity index (χ2v) is 7.04. The number of hydrogen-bond acceptors (Lipinski definition) is 6. The summed E-state index contributed by atoms with van der Waals surface area (Å²) in [4.78, 5) is 18.2. The molecule has 2 heterocycles. The zero-order chi connectivity index (χ0) is 15.7. The quantitative estimate of drug-likeness (QED) is 0.895. The fraction of sp³-hybridized carbons (Fsp3) is 0.812. The van der Waals surface area contributed by atoms with Gasteiger partial charge in [0.1, 0.15) is 5.82 Å². The Kier molecular flexibility index (Phi) is 4.47. The van der Waals surface area contributed by atoms with E-state index in [1.165, 1.54) is 25.7 Å². The Morgan fingerprint density at radius 3 is 2.18 bits per heavy atom. The van der Waals surface area contributed by atoms with E-state index in [0.717, 1.165) is 36.9 Å². The molecule has 1 aliphatic carbocycles. The van der Waals surface area contributed by atoms with Crippen molar-refractivity contribution in [3.8, 4) is 0 Å². The van der Waals surface area contributed by atoms with Crippen molar-refractivity contribution in [2.75, 3.05) is 37.0 Å². The maximum absolute atomic E-state index is 4.69. The van der Waals surface area contributed by atoms with Crippen LogP contribution in [0.3, 0.4) is 0 Å². The predicted octanol–water partition coefficient (Wildman–Crippen LogP) is 1.78. The molecule has 1 aromatic heterocycles. The van der Waals surface area contributed by atoms with Gasteiger partial charge in [-0.2, -0.15) is 15.0 Å². The minimum absolute atomic E-state index is 0.314. The van der Waals surface area contributed by atoms with Gasteiger partial charge >= 0.3 is 0 Å². The van der Waals surface area contributed by atoms with E-state index in [0.29, 0.717) is 12.0 Å². The van der Waals surface area contributed by atoms with Gasteiger partial charge in [-0.25, -0.2) is 0 Å². The van der Waals surface area contributed by atoms with Gasteiger partial charge in [0.15, 0.2) is 0 Å². The van der Waals surface area contributed by atoms with Gasteiger partial charge in [-0.05, 0) is 25.7 Å². The highest BCUT2D eigenvalue weighted by molar-refractivity contribution is 5.39. The summed E-state index contributed by atoms with van der Waals surface area (Å²) in [5.74, 6) is 2.79. The minimum Gasteiger partial charge on any atom is -0.347 e. The van der Waals surface area contributed by atoms with Gasteiger partial charge in [-0.1, -0.05) is 13.8 Å². The maximum atomic E-state index is 4.69. The van der Waals surface area contributed by atoms with Crippen LogP contribution in [0.1, 0.15) is 51.3 Å². The summed E-state index contributed by atoms with van der Waals surface area (Å²) in [5, 5.41) is 3.74. The summed E-state index contributed by atoms with van der Waals surface area (Å²) >= 11 is 0. The monoisotopic (exact) mass is 304 g/mol. The first-order chi connectivity index (χ1) is 10.5. The van der Waals surface area contributed by atoms with Gasteiger partial charge in [0.05, 0.1) is 0 Å². The molecular formula is C16H28N6. The standard InChI is InChI=1S/C16H28N6/c1-11(2)14-18-15(21(3)4)20-16(19-14)22-9-7-13(8-10-22)17-12-5-6-12/h11-13,17H,5-10H2,1-4H3. The van der Waals surface area contributed by atoms with Crippen LogP contribution in [0.5, 0.6) is 0 Å². The molecule has 2 aliphatic rings. The van der Waals surface area contributed by atoms with Gasteiger partial charge in [-0.3, -0.25) is 0 Å². The zero-order valence-electron chi connectivity index (χ0n) is 14.2. The molecule has 1 saturated heterocycles. The molecule has 3 rings (SSSR count). The third-order valence-corrected chi connectivity index (χ3v) is 4.37. The molecule has 0 bridgehead atoms. The number of nitrogens with one attached hydrogen (secondary N) is 1. The van der Waals surface area contributed by atoms with Crippen LogP contribution < -0.4 is 15.1 Å². The molecule has 2 fully saturated rings. The lowest BCUT2D eigenvalue weighted by atomic mass is 10.1. The molecule has 0 spiro atoms. The molecule has 1 aliphatic heterocycles. The van der Waals surface area contributed by atoms with Crippen LogP contribution in [-0.4, -0.2) is 54.2 Å². The van der Waals surface area contributed by atoms with Gasteiger partial charge < -0.3 is 15.1 Å². The highest BCUT2D eigenvalue weighted by Crippen LogP contribution is 2.24. The normalized spacial score (nSPS) is 19.8. The highest BCUT2D eigenvalue weighted by atomic mass is 15.3. The molecule has 0 aromatic carbocycles. The first-order valence-electron chi connectivity index (χ1n) is 8.47.